The average Bonchev–Trinajstić information content (AvgIpc) is 2.90. The van der Waals surface area contributed by atoms with Gasteiger partial charge in [-0.25, -0.2) is 0 Å². The molecule has 1 heterocycles. The van der Waals surface area contributed by atoms with Crippen molar-refractivity contribution in [3.63, 3.8) is 0 Å². The van der Waals surface area contributed by atoms with Crippen LogP contribution in [0.2, 0.25) is 0 Å². The van der Waals surface area contributed by atoms with Crippen LogP contribution in [0.3, 0.4) is 0 Å². The second-order valence-corrected chi connectivity index (χ2v) is 4.84. The Labute approximate surface area is 106 Å². The summed E-state index contributed by atoms with van der Waals surface area (Å²) in [7, 11) is 4.90. The van der Waals surface area contributed by atoms with Gasteiger partial charge < -0.3 is 19.5 Å². The summed E-state index contributed by atoms with van der Waals surface area (Å²) in [6.45, 7) is 1.02. The van der Waals surface area contributed by atoms with Gasteiger partial charge in [0.1, 0.15) is 0 Å². The van der Waals surface area contributed by atoms with Crippen molar-refractivity contribution < 1.29 is 14.2 Å². The molecule has 0 bridgehead atoms. The quantitative estimate of drug-likeness (QED) is 0.891. The van der Waals surface area contributed by atoms with Crippen LogP contribution in [-0.4, -0.2) is 33.6 Å². The van der Waals surface area contributed by atoms with Crippen molar-refractivity contribution >= 4 is 11.8 Å². The van der Waals surface area contributed by atoms with Crippen LogP contribution in [-0.2, 0) is 0 Å². The number of hydrogen-bond donors (Lipinski definition) is 1. The maximum atomic E-state index is 5.46. The highest BCUT2D eigenvalue weighted by Crippen LogP contribution is 2.45. The molecule has 1 aromatic carbocycles. The third kappa shape index (κ3) is 2.30. The standard InChI is InChI=1S/C12H17NO3S/c1-14-9-5-4-8(12-13-6-7-17-12)10(15-2)11(9)16-3/h4-5,12-13H,6-7H2,1-3H3. The van der Waals surface area contributed by atoms with Gasteiger partial charge in [0.25, 0.3) is 0 Å². The van der Waals surface area contributed by atoms with Gasteiger partial charge in [-0.05, 0) is 12.1 Å². The van der Waals surface area contributed by atoms with E-state index in [0.29, 0.717) is 11.5 Å². The van der Waals surface area contributed by atoms with Gasteiger partial charge in [-0.2, -0.15) is 0 Å². The number of thioether (sulfide) groups is 1. The van der Waals surface area contributed by atoms with Crippen molar-refractivity contribution in [3.8, 4) is 17.2 Å². The molecule has 1 atom stereocenters. The van der Waals surface area contributed by atoms with Crippen LogP contribution in [0.15, 0.2) is 12.1 Å². The van der Waals surface area contributed by atoms with Crippen molar-refractivity contribution in [2.24, 2.45) is 0 Å². The summed E-state index contributed by atoms with van der Waals surface area (Å²) in [5.41, 5.74) is 1.10. The molecule has 0 aliphatic carbocycles. The highest BCUT2D eigenvalue weighted by molar-refractivity contribution is 7.99. The Hall–Kier alpha value is -1.07. The van der Waals surface area contributed by atoms with Crippen LogP contribution in [0.5, 0.6) is 17.2 Å². The van der Waals surface area contributed by atoms with Crippen LogP contribution in [0.1, 0.15) is 10.9 Å². The molecule has 1 aliphatic rings. The van der Waals surface area contributed by atoms with Gasteiger partial charge >= 0.3 is 0 Å². The van der Waals surface area contributed by atoms with Gasteiger partial charge in [-0.3, -0.25) is 0 Å². The zero-order valence-corrected chi connectivity index (χ0v) is 11.1. The molecular weight excluding hydrogens is 238 g/mol. The summed E-state index contributed by atoms with van der Waals surface area (Å²) in [6, 6.07) is 3.94. The van der Waals surface area contributed by atoms with E-state index in [0.717, 1.165) is 23.6 Å². The minimum Gasteiger partial charge on any atom is -0.493 e. The van der Waals surface area contributed by atoms with Crippen LogP contribution in [0.4, 0.5) is 0 Å². The Balaban J connectivity index is 2.44. The molecule has 1 aromatic rings. The molecule has 0 amide bonds. The molecule has 1 N–H and O–H groups in total. The van der Waals surface area contributed by atoms with Gasteiger partial charge in [-0.1, -0.05) is 0 Å². The van der Waals surface area contributed by atoms with Crippen LogP contribution in [0, 0.1) is 0 Å². The van der Waals surface area contributed by atoms with Gasteiger partial charge in [0, 0.05) is 17.9 Å². The average molecular weight is 255 g/mol. The van der Waals surface area contributed by atoms with Crippen molar-refractivity contribution in [1.29, 1.82) is 0 Å². The predicted molar refractivity (Wildman–Crippen MR) is 69.3 cm³/mol. The van der Waals surface area contributed by atoms with E-state index >= 15 is 0 Å². The van der Waals surface area contributed by atoms with E-state index in [1.54, 1.807) is 21.3 Å². The van der Waals surface area contributed by atoms with Crippen LogP contribution in [0.25, 0.3) is 0 Å². The Morgan fingerprint density at radius 3 is 2.41 bits per heavy atom. The molecule has 0 saturated carbocycles. The van der Waals surface area contributed by atoms with Gasteiger partial charge in [0.2, 0.25) is 5.75 Å². The van der Waals surface area contributed by atoms with Gasteiger partial charge in [0.15, 0.2) is 11.5 Å². The summed E-state index contributed by atoms with van der Waals surface area (Å²) < 4.78 is 16.1. The number of hydrogen-bond acceptors (Lipinski definition) is 5. The topological polar surface area (TPSA) is 39.7 Å². The molecule has 17 heavy (non-hydrogen) atoms. The SMILES string of the molecule is COc1ccc(C2NCCS2)c(OC)c1OC. The molecule has 1 aliphatic heterocycles. The van der Waals surface area contributed by atoms with Crippen molar-refractivity contribution in [2.45, 2.75) is 5.37 Å². The molecule has 4 nitrogen and oxygen atoms in total. The van der Waals surface area contributed by atoms with Gasteiger partial charge in [0.05, 0.1) is 26.7 Å². The fourth-order valence-electron chi connectivity index (χ4n) is 1.96. The number of nitrogens with one attached hydrogen (secondary N) is 1. The van der Waals surface area contributed by atoms with Crippen LogP contribution < -0.4 is 19.5 Å². The molecule has 0 radical (unpaired) electrons. The number of rotatable bonds is 4. The third-order valence-corrected chi connectivity index (χ3v) is 3.93. The van der Waals surface area contributed by atoms with E-state index in [4.69, 9.17) is 14.2 Å². The highest BCUT2D eigenvalue weighted by atomic mass is 32.2. The lowest BCUT2D eigenvalue weighted by molar-refractivity contribution is 0.321. The molecule has 0 spiro atoms. The van der Waals surface area contributed by atoms with E-state index in [2.05, 4.69) is 5.32 Å². The normalized spacial score (nSPS) is 19.1. The lowest BCUT2D eigenvalue weighted by Crippen LogP contribution is -2.13. The molecule has 5 heteroatoms. The monoisotopic (exact) mass is 255 g/mol. The Bertz CT molecular complexity index is 392. The number of methoxy groups -OCH3 is 3. The zero-order valence-electron chi connectivity index (χ0n) is 10.3. The molecule has 1 fully saturated rings. The van der Waals surface area contributed by atoms with Crippen molar-refractivity contribution in [3.05, 3.63) is 17.7 Å². The summed E-state index contributed by atoms with van der Waals surface area (Å²) in [5, 5.41) is 3.69. The predicted octanol–water partition coefficient (Wildman–Crippen LogP) is 2.05. The first kappa shape index (κ1) is 12.4. The fraction of sp³-hybridized carbons (Fsp3) is 0.500. The van der Waals surface area contributed by atoms with Gasteiger partial charge in [-0.15, -0.1) is 11.8 Å². The summed E-state index contributed by atoms with van der Waals surface area (Å²) in [6.07, 6.45) is 0. The van der Waals surface area contributed by atoms with E-state index < -0.39 is 0 Å². The largest absolute Gasteiger partial charge is 0.493 e. The molecular formula is C12H17NO3S. The minimum absolute atomic E-state index is 0.268. The molecule has 1 saturated heterocycles. The fourth-order valence-corrected chi connectivity index (χ4v) is 3.03. The number of ether oxygens (including phenoxy) is 3. The highest BCUT2D eigenvalue weighted by Gasteiger charge is 2.24. The number of benzene rings is 1. The first-order valence-electron chi connectivity index (χ1n) is 5.45. The smallest absolute Gasteiger partial charge is 0.203 e. The third-order valence-electron chi connectivity index (χ3n) is 2.73. The Kier molecular flexibility index (Phi) is 4.02. The molecule has 1 unspecified atom stereocenters. The molecule has 2 rings (SSSR count). The molecule has 0 aromatic heterocycles. The van der Waals surface area contributed by atoms with Crippen molar-refractivity contribution in [2.75, 3.05) is 33.6 Å². The first-order chi connectivity index (χ1) is 8.31. The summed E-state index contributed by atoms with van der Waals surface area (Å²) in [5.74, 6) is 3.21. The zero-order chi connectivity index (χ0) is 12.3. The Morgan fingerprint density at radius 1 is 1.12 bits per heavy atom. The summed E-state index contributed by atoms with van der Waals surface area (Å²) in [4.78, 5) is 0. The van der Waals surface area contributed by atoms with Crippen molar-refractivity contribution in [1.82, 2.24) is 5.32 Å². The second-order valence-electron chi connectivity index (χ2n) is 3.63. The second kappa shape index (κ2) is 5.51. The minimum atomic E-state index is 0.268. The van der Waals surface area contributed by atoms with E-state index in [1.807, 2.05) is 23.9 Å². The first-order valence-corrected chi connectivity index (χ1v) is 6.50. The van der Waals surface area contributed by atoms with E-state index in [-0.39, 0.29) is 5.37 Å². The van der Waals surface area contributed by atoms with E-state index in [9.17, 15) is 0 Å². The van der Waals surface area contributed by atoms with Crippen LogP contribution >= 0.6 is 11.8 Å². The summed E-state index contributed by atoms with van der Waals surface area (Å²) >= 11 is 1.87. The lowest BCUT2D eigenvalue weighted by atomic mass is 10.1. The molecule has 94 valence electrons. The Morgan fingerprint density at radius 2 is 1.88 bits per heavy atom. The van der Waals surface area contributed by atoms with E-state index in [1.165, 1.54) is 0 Å². The lowest BCUT2D eigenvalue weighted by Gasteiger charge is -2.18. The maximum Gasteiger partial charge on any atom is 0.203 e. The maximum absolute atomic E-state index is 5.46.